The van der Waals surface area contributed by atoms with Crippen LogP contribution in [-0.4, -0.2) is 47.4 Å². The summed E-state index contributed by atoms with van der Waals surface area (Å²) in [4.78, 5) is 46.3. The summed E-state index contributed by atoms with van der Waals surface area (Å²) < 4.78 is 74.6. The average Bonchev–Trinajstić information content (AvgIpc) is 2.92. The lowest BCUT2D eigenvalue weighted by Crippen LogP contribution is -2.30. The Balaban J connectivity index is 1.77. The molecule has 0 bridgehead atoms. The van der Waals surface area contributed by atoms with Crippen molar-refractivity contribution in [3.05, 3.63) is 59.7 Å². The predicted molar refractivity (Wildman–Crippen MR) is 141 cm³/mol. The molecule has 0 fully saturated rings. The molecule has 0 saturated heterocycles. The maximum atomic E-state index is 12.4. The Morgan fingerprint density at radius 2 is 1.00 bits per heavy atom. The molecule has 0 radical (unpaired) electrons. The summed E-state index contributed by atoms with van der Waals surface area (Å²) in [6.45, 7) is 3.01. The number of amides is 4. The first-order chi connectivity index (χ1) is 19.6. The van der Waals surface area contributed by atoms with Crippen LogP contribution in [0.25, 0.3) is 0 Å². The summed E-state index contributed by atoms with van der Waals surface area (Å²) in [5.41, 5.74) is 5.68. The lowest BCUT2D eigenvalue weighted by molar-refractivity contribution is -0.167. The largest absolute Gasteiger partial charge is 0.471 e. The standard InChI is InChI=1S/C26H26F6N6O4/c1-15(17-7-5-9-19(13-17)33-23(41)25(27,28)29)35-37-21(39)11-3-4-12-22(40)38-36-16(2)18-8-6-10-20(14-18)34-24(42)26(30,31)32/h5-10,13-14H,3-4,11-12H2,1-2H3,(H,33,41)(H,34,42)(H,37,39)(H,38,40)/b35-15+,36-16+. The van der Waals surface area contributed by atoms with Crippen LogP contribution in [0, 0.1) is 0 Å². The van der Waals surface area contributed by atoms with Gasteiger partial charge in [0, 0.05) is 24.2 Å². The van der Waals surface area contributed by atoms with Crippen molar-refractivity contribution in [2.24, 2.45) is 10.2 Å². The van der Waals surface area contributed by atoms with Crippen LogP contribution in [0.3, 0.4) is 0 Å². The van der Waals surface area contributed by atoms with Crippen molar-refractivity contribution in [1.29, 1.82) is 0 Å². The maximum absolute atomic E-state index is 12.4. The number of alkyl halides is 6. The monoisotopic (exact) mass is 600 g/mol. The van der Waals surface area contributed by atoms with E-state index in [-0.39, 0.29) is 35.6 Å². The molecule has 10 nitrogen and oxygen atoms in total. The predicted octanol–water partition coefficient (Wildman–Crippen LogP) is 4.63. The number of anilines is 2. The van der Waals surface area contributed by atoms with E-state index in [9.17, 15) is 45.5 Å². The highest BCUT2D eigenvalue weighted by atomic mass is 19.4. The minimum Gasteiger partial charge on any atom is -0.318 e. The number of rotatable bonds is 11. The molecule has 226 valence electrons. The molecule has 2 rings (SSSR count). The highest BCUT2D eigenvalue weighted by molar-refractivity contribution is 6.02. The molecule has 4 N–H and O–H groups in total. The fraction of sp³-hybridized carbons (Fsp3) is 0.308. The van der Waals surface area contributed by atoms with Crippen LogP contribution >= 0.6 is 0 Å². The van der Waals surface area contributed by atoms with Crippen LogP contribution in [0.15, 0.2) is 58.7 Å². The van der Waals surface area contributed by atoms with Gasteiger partial charge in [0.25, 0.3) is 0 Å². The molecule has 0 aromatic heterocycles. The van der Waals surface area contributed by atoms with Crippen LogP contribution in [0.4, 0.5) is 37.7 Å². The number of nitrogens with zero attached hydrogens (tertiary/aromatic N) is 2. The Morgan fingerprint density at radius 1 is 0.643 bits per heavy atom. The van der Waals surface area contributed by atoms with E-state index in [0.717, 1.165) is 0 Å². The zero-order chi connectivity index (χ0) is 31.5. The smallest absolute Gasteiger partial charge is 0.318 e. The molecule has 0 unspecified atom stereocenters. The van der Waals surface area contributed by atoms with Gasteiger partial charge in [-0.25, -0.2) is 10.9 Å². The summed E-state index contributed by atoms with van der Waals surface area (Å²) in [6.07, 6.45) is -9.42. The summed E-state index contributed by atoms with van der Waals surface area (Å²) in [6, 6.07) is 10.9. The highest BCUT2D eigenvalue weighted by Crippen LogP contribution is 2.20. The van der Waals surface area contributed by atoms with Gasteiger partial charge in [-0.05, 0) is 62.1 Å². The first-order valence-electron chi connectivity index (χ1n) is 12.2. The molecule has 0 aliphatic rings. The molecule has 0 heterocycles. The third kappa shape index (κ3) is 11.4. The zero-order valence-electron chi connectivity index (χ0n) is 22.2. The minimum absolute atomic E-state index is 0.0183. The number of hydrogen-bond acceptors (Lipinski definition) is 6. The summed E-state index contributed by atoms with van der Waals surface area (Å²) in [7, 11) is 0. The van der Waals surface area contributed by atoms with Gasteiger partial charge in [0.15, 0.2) is 0 Å². The molecular formula is C26H26F6N6O4. The molecule has 4 amide bonds. The third-order valence-electron chi connectivity index (χ3n) is 5.35. The van der Waals surface area contributed by atoms with Crippen molar-refractivity contribution in [3.63, 3.8) is 0 Å². The second-order valence-corrected chi connectivity index (χ2v) is 8.74. The van der Waals surface area contributed by atoms with Gasteiger partial charge < -0.3 is 10.6 Å². The number of nitrogens with one attached hydrogen (secondary N) is 4. The molecule has 2 aromatic rings. The van der Waals surface area contributed by atoms with Crippen molar-refractivity contribution in [2.45, 2.75) is 51.9 Å². The third-order valence-corrected chi connectivity index (χ3v) is 5.35. The fourth-order valence-corrected chi connectivity index (χ4v) is 3.15. The van der Waals surface area contributed by atoms with Crippen molar-refractivity contribution in [2.75, 3.05) is 10.6 Å². The normalized spacial score (nSPS) is 12.4. The zero-order valence-corrected chi connectivity index (χ0v) is 22.2. The number of carbonyl (C=O) groups is 4. The SMILES string of the molecule is C/C(=N\NC(=O)CCCCC(=O)N/N=C(\C)c1cccc(NC(=O)C(F)(F)F)c1)c1cccc(NC(=O)C(F)(F)F)c1. The van der Waals surface area contributed by atoms with Gasteiger partial charge in [-0.1, -0.05) is 24.3 Å². The van der Waals surface area contributed by atoms with E-state index in [1.54, 1.807) is 10.6 Å². The summed E-state index contributed by atoms with van der Waals surface area (Å²) >= 11 is 0. The van der Waals surface area contributed by atoms with Crippen LogP contribution in [0.1, 0.15) is 50.7 Å². The van der Waals surface area contributed by atoms with Crippen molar-refractivity contribution in [3.8, 4) is 0 Å². The number of halogens is 6. The number of unbranched alkanes of at least 4 members (excludes halogenated alkanes) is 1. The van der Waals surface area contributed by atoms with E-state index >= 15 is 0 Å². The van der Waals surface area contributed by atoms with Gasteiger partial charge in [-0.2, -0.15) is 36.5 Å². The van der Waals surface area contributed by atoms with Gasteiger partial charge in [0.1, 0.15) is 0 Å². The Kier molecular flexibility index (Phi) is 11.7. The average molecular weight is 601 g/mol. The van der Waals surface area contributed by atoms with Crippen LogP contribution < -0.4 is 21.5 Å². The molecular weight excluding hydrogens is 574 g/mol. The summed E-state index contributed by atoms with van der Waals surface area (Å²) in [5.74, 6) is -5.18. The second-order valence-electron chi connectivity index (χ2n) is 8.74. The molecule has 0 aliphatic carbocycles. The molecule has 0 saturated carbocycles. The van der Waals surface area contributed by atoms with Crippen molar-refractivity contribution < 1.29 is 45.5 Å². The molecule has 42 heavy (non-hydrogen) atoms. The van der Waals surface area contributed by atoms with Gasteiger partial charge >= 0.3 is 24.2 Å². The molecule has 0 aliphatic heterocycles. The molecule has 2 aromatic carbocycles. The molecule has 0 atom stereocenters. The quantitative estimate of drug-likeness (QED) is 0.129. The van der Waals surface area contributed by atoms with E-state index in [2.05, 4.69) is 21.1 Å². The van der Waals surface area contributed by atoms with Crippen molar-refractivity contribution >= 4 is 46.4 Å². The molecule has 16 heteroatoms. The lowest BCUT2D eigenvalue weighted by atomic mass is 10.1. The Bertz CT molecular complexity index is 1270. The Morgan fingerprint density at radius 3 is 1.33 bits per heavy atom. The van der Waals surface area contributed by atoms with E-state index in [1.807, 2.05) is 0 Å². The lowest BCUT2D eigenvalue weighted by Gasteiger charge is -2.09. The highest BCUT2D eigenvalue weighted by Gasteiger charge is 2.39. The van der Waals surface area contributed by atoms with Gasteiger partial charge in [-0.3, -0.25) is 19.2 Å². The second kappa shape index (κ2) is 14.7. The van der Waals surface area contributed by atoms with E-state index in [1.165, 1.54) is 62.4 Å². The maximum Gasteiger partial charge on any atom is 0.471 e. The summed E-state index contributed by atoms with van der Waals surface area (Å²) in [5, 5.41) is 11.2. The van der Waals surface area contributed by atoms with E-state index in [0.29, 0.717) is 24.0 Å². The molecule has 0 spiro atoms. The van der Waals surface area contributed by atoms with Crippen LogP contribution in [0.2, 0.25) is 0 Å². The first kappa shape index (κ1) is 33.4. The topological polar surface area (TPSA) is 141 Å². The van der Waals surface area contributed by atoms with E-state index < -0.39 is 36.0 Å². The minimum atomic E-state index is -5.04. The van der Waals surface area contributed by atoms with Crippen LogP contribution in [0.5, 0.6) is 0 Å². The Labute approximate surface area is 235 Å². The fourth-order valence-electron chi connectivity index (χ4n) is 3.15. The van der Waals surface area contributed by atoms with Crippen LogP contribution in [-0.2, 0) is 19.2 Å². The van der Waals surface area contributed by atoms with Gasteiger partial charge in [0.2, 0.25) is 11.8 Å². The van der Waals surface area contributed by atoms with Gasteiger partial charge in [0.05, 0.1) is 11.4 Å². The van der Waals surface area contributed by atoms with Gasteiger partial charge in [-0.15, -0.1) is 0 Å². The Hall–Kier alpha value is -4.76. The number of benzene rings is 2. The number of carbonyl (C=O) groups excluding carboxylic acids is 4. The number of hydrogen-bond donors (Lipinski definition) is 4. The van der Waals surface area contributed by atoms with E-state index in [4.69, 9.17) is 0 Å². The van der Waals surface area contributed by atoms with Crippen molar-refractivity contribution in [1.82, 2.24) is 10.9 Å². The first-order valence-corrected chi connectivity index (χ1v) is 12.2. The number of hydrazone groups is 2.